The Morgan fingerprint density at radius 1 is 1.24 bits per heavy atom. The molecular weight excluding hydrogens is 282 g/mol. The van der Waals surface area contributed by atoms with E-state index in [4.69, 9.17) is 4.74 Å². The first kappa shape index (κ1) is 17.2. The second kappa shape index (κ2) is 7.78. The molecule has 0 fully saturated rings. The molecule has 0 aliphatic heterocycles. The van der Waals surface area contributed by atoms with E-state index >= 15 is 0 Å². The maximum atomic E-state index is 11.8. The highest BCUT2D eigenvalue weighted by molar-refractivity contribution is 6.80. The van der Waals surface area contributed by atoms with Crippen LogP contribution >= 0.6 is 0 Å². The molecule has 1 aromatic carbocycles. The molecule has 0 aromatic heterocycles. The Labute approximate surface area is 127 Å². The van der Waals surface area contributed by atoms with Crippen molar-refractivity contribution in [1.29, 1.82) is 0 Å². The first-order chi connectivity index (χ1) is 9.78. The minimum atomic E-state index is -1.29. The van der Waals surface area contributed by atoms with Gasteiger partial charge in [0, 0.05) is 5.56 Å². The first-order valence-electron chi connectivity index (χ1n) is 7.00. The van der Waals surface area contributed by atoms with Gasteiger partial charge >= 0.3 is 5.97 Å². The molecule has 0 aliphatic rings. The third-order valence-electron chi connectivity index (χ3n) is 2.61. The van der Waals surface area contributed by atoms with Gasteiger partial charge in [-0.15, -0.1) is 0 Å². The van der Waals surface area contributed by atoms with Crippen molar-refractivity contribution in [2.75, 3.05) is 6.54 Å². The molecule has 1 aromatic rings. The number of esters is 1. The molecule has 0 aliphatic carbocycles. The molecule has 0 saturated heterocycles. The Balaban J connectivity index is 2.38. The van der Waals surface area contributed by atoms with Crippen LogP contribution in [0.4, 0.5) is 0 Å². The number of rotatable bonds is 6. The molecule has 1 rings (SSSR count). The molecule has 1 atom stereocenters. The summed E-state index contributed by atoms with van der Waals surface area (Å²) in [6.45, 7) is 8.31. The summed E-state index contributed by atoms with van der Waals surface area (Å²) in [7, 11) is -1.29. The fourth-order valence-corrected chi connectivity index (χ4v) is 2.40. The lowest BCUT2D eigenvalue weighted by Gasteiger charge is -2.13. The quantitative estimate of drug-likeness (QED) is 0.649. The van der Waals surface area contributed by atoms with Crippen LogP contribution in [0.25, 0.3) is 0 Å². The predicted octanol–water partition coefficient (Wildman–Crippen LogP) is 2.78. The first-order valence-corrected chi connectivity index (χ1v) is 10.6. The standard InChI is InChI=1S/C16H23NO3Si/c1-13(10-11-21(2,3)4)20-15(18)12-17-16(19)14-8-6-5-7-9-14/h5-11,13H,12H2,1-4H3,(H,17,19)/b11-10+. The van der Waals surface area contributed by atoms with Gasteiger partial charge in [0.2, 0.25) is 0 Å². The number of amides is 1. The molecule has 4 nitrogen and oxygen atoms in total. The highest BCUT2D eigenvalue weighted by Crippen LogP contribution is 2.04. The summed E-state index contributed by atoms with van der Waals surface area (Å²) in [5, 5.41) is 2.55. The Morgan fingerprint density at radius 2 is 1.86 bits per heavy atom. The molecule has 1 amide bonds. The maximum absolute atomic E-state index is 11.8. The molecule has 0 saturated carbocycles. The number of hydrogen-bond acceptors (Lipinski definition) is 3. The Hall–Kier alpha value is -1.88. The van der Waals surface area contributed by atoms with E-state index in [1.807, 2.05) is 19.1 Å². The number of carbonyl (C=O) groups excluding carboxylic acids is 2. The normalized spacial score (nSPS) is 13.0. The van der Waals surface area contributed by atoms with Crippen molar-refractivity contribution in [1.82, 2.24) is 5.32 Å². The molecule has 1 unspecified atom stereocenters. The molecule has 1 N–H and O–H groups in total. The molecule has 0 heterocycles. The van der Waals surface area contributed by atoms with Gasteiger partial charge in [0.15, 0.2) is 0 Å². The van der Waals surface area contributed by atoms with Crippen molar-refractivity contribution in [3.8, 4) is 0 Å². The summed E-state index contributed by atoms with van der Waals surface area (Å²) < 4.78 is 5.21. The highest BCUT2D eigenvalue weighted by Gasteiger charge is 2.12. The van der Waals surface area contributed by atoms with Crippen LogP contribution in [-0.2, 0) is 9.53 Å². The van der Waals surface area contributed by atoms with Crippen molar-refractivity contribution >= 4 is 20.0 Å². The van der Waals surface area contributed by atoms with Crippen LogP contribution in [-0.4, -0.2) is 32.6 Å². The van der Waals surface area contributed by atoms with Crippen LogP contribution in [0.15, 0.2) is 42.1 Å². The number of ether oxygens (including phenoxy) is 1. The van der Waals surface area contributed by atoms with E-state index in [0.29, 0.717) is 5.56 Å². The second-order valence-electron chi connectivity index (χ2n) is 5.97. The molecule has 0 bridgehead atoms. The van der Waals surface area contributed by atoms with E-state index in [0.717, 1.165) is 0 Å². The highest BCUT2D eigenvalue weighted by atomic mass is 28.3. The average molecular weight is 305 g/mol. The van der Waals surface area contributed by atoms with Gasteiger partial charge < -0.3 is 10.1 Å². The maximum Gasteiger partial charge on any atom is 0.326 e. The average Bonchev–Trinajstić information content (AvgIpc) is 2.43. The molecule has 0 spiro atoms. The van der Waals surface area contributed by atoms with Gasteiger partial charge in [0.1, 0.15) is 12.6 Å². The van der Waals surface area contributed by atoms with Crippen molar-refractivity contribution in [2.45, 2.75) is 32.7 Å². The summed E-state index contributed by atoms with van der Waals surface area (Å²) in [4.78, 5) is 23.4. The number of carbonyl (C=O) groups is 2. The Kier molecular flexibility index (Phi) is 6.36. The van der Waals surface area contributed by atoms with Gasteiger partial charge in [-0.2, -0.15) is 0 Å². The summed E-state index contributed by atoms with van der Waals surface area (Å²) in [6, 6.07) is 8.77. The summed E-state index contributed by atoms with van der Waals surface area (Å²) in [5.41, 5.74) is 2.66. The van der Waals surface area contributed by atoms with Crippen LogP contribution in [0.1, 0.15) is 17.3 Å². The van der Waals surface area contributed by atoms with Crippen LogP contribution in [0.3, 0.4) is 0 Å². The third-order valence-corrected chi connectivity index (χ3v) is 3.81. The van der Waals surface area contributed by atoms with Gasteiger partial charge in [0.05, 0.1) is 8.07 Å². The number of benzene rings is 1. The second-order valence-corrected chi connectivity index (χ2v) is 11.0. The van der Waals surface area contributed by atoms with E-state index in [9.17, 15) is 9.59 Å². The third kappa shape index (κ3) is 7.46. The predicted molar refractivity (Wildman–Crippen MR) is 86.8 cm³/mol. The zero-order valence-electron chi connectivity index (χ0n) is 13.1. The van der Waals surface area contributed by atoms with Crippen molar-refractivity contribution < 1.29 is 14.3 Å². The van der Waals surface area contributed by atoms with Gasteiger partial charge in [-0.3, -0.25) is 9.59 Å². The van der Waals surface area contributed by atoms with Gasteiger partial charge in [-0.1, -0.05) is 49.6 Å². The molecular formula is C16H23NO3Si. The minimum Gasteiger partial charge on any atom is -0.457 e. The topological polar surface area (TPSA) is 55.4 Å². The fraction of sp³-hybridized carbons (Fsp3) is 0.375. The lowest BCUT2D eigenvalue weighted by Crippen LogP contribution is -2.32. The van der Waals surface area contributed by atoms with Gasteiger partial charge in [0.25, 0.3) is 5.91 Å². The Bertz CT molecular complexity index is 506. The van der Waals surface area contributed by atoms with Gasteiger partial charge in [-0.25, -0.2) is 0 Å². The van der Waals surface area contributed by atoms with Crippen LogP contribution in [0, 0.1) is 0 Å². The van der Waals surface area contributed by atoms with Crippen molar-refractivity contribution in [3.05, 3.63) is 47.7 Å². The van der Waals surface area contributed by atoms with E-state index in [1.165, 1.54) is 0 Å². The lowest BCUT2D eigenvalue weighted by atomic mass is 10.2. The largest absolute Gasteiger partial charge is 0.457 e. The summed E-state index contributed by atoms with van der Waals surface area (Å²) >= 11 is 0. The van der Waals surface area contributed by atoms with E-state index in [-0.39, 0.29) is 18.6 Å². The fourth-order valence-electron chi connectivity index (χ4n) is 1.56. The number of hydrogen-bond donors (Lipinski definition) is 1. The molecule has 0 radical (unpaired) electrons. The van der Waals surface area contributed by atoms with Crippen LogP contribution in [0.2, 0.25) is 19.6 Å². The van der Waals surface area contributed by atoms with Crippen LogP contribution in [0.5, 0.6) is 0 Å². The van der Waals surface area contributed by atoms with Crippen molar-refractivity contribution in [3.63, 3.8) is 0 Å². The monoisotopic (exact) mass is 305 g/mol. The summed E-state index contributed by atoms with van der Waals surface area (Å²) in [5.74, 6) is -0.718. The lowest BCUT2D eigenvalue weighted by molar-refractivity contribution is -0.144. The van der Waals surface area contributed by atoms with E-state index in [1.54, 1.807) is 24.3 Å². The molecule has 114 valence electrons. The summed E-state index contributed by atoms with van der Waals surface area (Å²) in [6.07, 6.45) is 1.63. The van der Waals surface area contributed by atoms with E-state index < -0.39 is 14.0 Å². The molecule has 21 heavy (non-hydrogen) atoms. The zero-order valence-corrected chi connectivity index (χ0v) is 14.1. The molecule has 5 heteroatoms. The smallest absolute Gasteiger partial charge is 0.326 e. The zero-order chi connectivity index (χ0) is 15.9. The van der Waals surface area contributed by atoms with Crippen molar-refractivity contribution in [2.24, 2.45) is 0 Å². The number of nitrogens with one attached hydrogen (secondary N) is 1. The van der Waals surface area contributed by atoms with E-state index in [2.05, 4.69) is 30.7 Å². The van der Waals surface area contributed by atoms with Crippen LogP contribution < -0.4 is 5.32 Å². The van der Waals surface area contributed by atoms with Gasteiger partial charge in [-0.05, 0) is 19.1 Å². The minimum absolute atomic E-state index is 0.126. The SMILES string of the molecule is CC(/C=C/[Si](C)(C)C)OC(=O)CNC(=O)c1ccccc1. The Morgan fingerprint density at radius 3 is 2.43 bits per heavy atom.